The molecule has 2 unspecified atom stereocenters. The first-order chi connectivity index (χ1) is 8.63. The molecule has 1 aliphatic rings. The lowest BCUT2D eigenvalue weighted by Crippen LogP contribution is -2.38. The van der Waals surface area contributed by atoms with E-state index in [0.29, 0.717) is 18.5 Å². The van der Waals surface area contributed by atoms with Crippen LogP contribution < -0.4 is 16.4 Å². The van der Waals surface area contributed by atoms with E-state index in [-0.39, 0.29) is 5.69 Å². The van der Waals surface area contributed by atoms with Gasteiger partial charge in [0.1, 0.15) is 0 Å². The first-order valence-electron chi connectivity index (χ1n) is 6.20. The summed E-state index contributed by atoms with van der Waals surface area (Å²) in [5.74, 6) is 0.704. The largest absolute Gasteiger partial charge is 0.364 e. The molecule has 4 N–H and O–H groups in total. The van der Waals surface area contributed by atoms with E-state index in [0.717, 1.165) is 18.7 Å². The fraction of sp³-hybridized carbons (Fsp3) is 0.583. The van der Waals surface area contributed by atoms with Crippen molar-refractivity contribution in [3.05, 3.63) is 17.8 Å². The molecule has 18 heavy (non-hydrogen) atoms. The van der Waals surface area contributed by atoms with Gasteiger partial charge in [-0.25, -0.2) is 0 Å². The van der Waals surface area contributed by atoms with E-state index in [9.17, 15) is 4.79 Å². The summed E-state index contributed by atoms with van der Waals surface area (Å²) >= 11 is 0. The third-order valence-electron chi connectivity index (χ3n) is 3.68. The van der Waals surface area contributed by atoms with Gasteiger partial charge in [-0.1, -0.05) is 6.42 Å². The highest BCUT2D eigenvalue weighted by Gasteiger charge is 2.30. The van der Waals surface area contributed by atoms with Crippen LogP contribution in [0.2, 0.25) is 0 Å². The maximum atomic E-state index is 10.9. The molecule has 1 amide bonds. The summed E-state index contributed by atoms with van der Waals surface area (Å²) < 4.78 is 0. The lowest BCUT2D eigenvalue weighted by atomic mass is 10.0. The minimum atomic E-state index is -0.558. The van der Waals surface area contributed by atoms with Crippen LogP contribution in [0.1, 0.15) is 29.8 Å². The molecule has 1 heterocycles. The van der Waals surface area contributed by atoms with Gasteiger partial charge in [0.25, 0.3) is 5.91 Å². The Labute approximate surface area is 106 Å². The molecule has 0 saturated heterocycles. The molecule has 2 rings (SSSR count). The molecule has 1 aromatic rings. The summed E-state index contributed by atoms with van der Waals surface area (Å²) in [6.45, 7) is 0.696. The highest BCUT2D eigenvalue weighted by atomic mass is 16.1. The van der Waals surface area contributed by atoms with Gasteiger partial charge in [0.15, 0.2) is 11.5 Å². The number of nitrogens with two attached hydrogens (primary N) is 2. The summed E-state index contributed by atoms with van der Waals surface area (Å²) in [6.07, 6.45) is 3.49. The normalized spacial score (nSPS) is 23.0. The Morgan fingerprint density at radius 3 is 2.78 bits per heavy atom. The minimum absolute atomic E-state index is 0.189. The zero-order valence-electron chi connectivity index (χ0n) is 10.5. The van der Waals surface area contributed by atoms with E-state index in [4.69, 9.17) is 11.5 Å². The van der Waals surface area contributed by atoms with Crippen molar-refractivity contribution in [3.8, 4) is 0 Å². The highest BCUT2D eigenvalue weighted by Crippen LogP contribution is 2.30. The van der Waals surface area contributed by atoms with Gasteiger partial charge in [-0.15, -0.1) is 10.2 Å². The van der Waals surface area contributed by atoms with Crippen LogP contribution in [-0.2, 0) is 0 Å². The number of primary amides is 1. The highest BCUT2D eigenvalue weighted by molar-refractivity contribution is 5.90. The van der Waals surface area contributed by atoms with Crippen LogP contribution in [0.3, 0.4) is 0 Å². The van der Waals surface area contributed by atoms with Crippen molar-refractivity contribution in [2.75, 3.05) is 18.5 Å². The minimum Gasteiger partial charge on any atom is -0.364 e. The third kappa shape index (κ3) is 2.43. The molecule has 0 aliphatic heterocycles. The summed E-state index contributed by atoms with van der Waals surface area (Å²) in [4.78, 5) is 13.0. The molecule has 0 radical (unpaired) electrons. The van der Waals surface area contributed by atoms with E-state index in [2.05, 4.69) is 15.1 Å². The number of rotatable bonds is 4. The molecular weight excluding hydrogens is 230 g/mol. The van der Waals surface area contributed by atoms with Crippen molar-refractivity contribution in [2.24, 2.45) is 17.4 Å². The molecule has 0 bridgehead atoms. The fourth-order valence-electron chi connectivity index (χ4n) is 2.62. The van der Waals surface area contributed by atoms with E-state index in [1.165, 1.54) is 6.42 Å². The molecule has 1 aliphatic carbocycles. The maximum Gasteiger partial charge on any atom is 0.269 e. The molecule has 1 saturated carbocycles. The van der Waals surface area contributed by atoms with Crippen LogP contribution in [0, 0.1) is 5.92 Å². The van der Waals surface area contributed by atoms with Crippen molar-refractivity contribution in [2.45, 2.75) is 25.3 Å². The van der Waals surface area contributed by atoms with Crippen LogP contribution in [0.5, 0.6) is 0 Å². The maximum absolute atomic E-state index is 10.9. The van der Waals surface area contributed by atoms with E-state index in [1.807, 2.05) is 7.05 Å². The summed E-state index contributed by atoms with van der Waals surface area (Å²) in [5, 5.41) is 7.87. The first kappa shape index (κ1) is 12.8. The fourth-order valence-corrected chi connectivity index (χ4v) is 2.62. The number of carbonyl (C=O) groups excluding carboxylic acids is 1. The van der Waals surface area contributed by atoms with Crippen LogP contribution >= 0.6 is 0 Å². The number of hydrogen-bond acceptors (Lipinski definition) is 5. The predicted molar refractivity (Wildman–Crippen MR) is 69.1 cm³/mol. The zero-order chi connectivity index (χ0) is 13.1. The number of hydrogen-bond donors (Lipinski definition) is 2. The van der Waals surface area contributed by atoms with Gasteiger partial charge in [0.05, 0.1) is 0 Å². The van der Waals surface area contributed by atoms with Gasteiger partial charge >= 0.3 is 0 Å². The molecule has 1 aromatic heterocycles. The van der Waals surface area contributed by atoms with Crippen molar-refractivity contribution < 1.29 is 4.79 Å². The SMILES string of the molecule is CN(c1ccc(C(N)=O)nn1)C1CCCC1CN. The summed E-state index contributed by atoms with van der Waals surface area (Å²) in [5.41, 5.74) is 11.1. The van der Waals surface area contributed by atoms with Gasteiger partial charge in [-0.05, 0) is 37.4 Å². The van der Waals surface area contributed by atoms with E-state index < -0.39 is 5.91 Å². The Hall–Kier alpha value is -1.69. The van der Waals surface area contributed by atoms with Gasteiger partial charge in [0, 0.05) is 13.1 Å². The lowest BCUT2D eigenvalue weighted by molar-refractivity contribution is 0.0994. The van der Waals surface area contributed by atoms with Crippen molar-refractivity contribution in [3.63, 3.8) is 0 Å². The second-order valence-electron chi connectivity index (χ2n) is 4.75. The van der Waals surface area contributed by atoms with Crippen LogP contribution in [0.15, 0.2) is 12.1 Å². The van der Waals surface area contributed by atoms with Gasteiger partial charge in [-0.3, -0.25) is 4.79 Å². The van der Waals surface area contributed by atoms with E-state index in [1.54, 1.807) is 12.1 Å². The smallest absolute Gasteiger partial charge is 0.269 e. The monoisotopic (exact) mass is 249 g/mol. The summed E-state index contributed by atoms with van der Waals surface area (Å²) in [7, 11) is 1.99. The zero-order valence-corrected chi connectivity index (χ0v) is 10.5. The first-order valence-corrected chi connectivity index (χ1v) is 6.20. The van der Waals surface area contributed by atoms with Gasteiger partial charge in [0.2, 0.25) is 0 Å². The predicted octanol–water partition coefficient (Wildman–Crippen LogP) is 0.139. The summed E-state index contributed by atoms with van der Waals surface area (Å²) in [6, 6.07) is 3.79. The Morgan fingerprint density at radius 1 is 1.44 bits per heavy atom. The molecule has 6 nitrogen and oxygen atoms in total. The molecule has 0 aromatic carbocycles. The topological polar surface area (TPSA) is 98.1 Å². The Balaban J connectivity index is 2.13. The average molecular weight is 249 g/mol. The molecular formula is C12H19N5O. The molecule has 6 heteroatoms. The third-order valence-corrected chi connectivity index (χ3v) is 3.68. The molecule has 98 valence electrons. The number of amides is 1. The van der Waals surface area contributed by atoms with Crippen molar-refractivity contribution in [1.82, 2.24) is 10.2 Å². The van der Waals surface area contributed by atoms with Crippen LogP contribution in [-0.4, -0.2) is 35.7 Å². The second-order valence-corrected chi connectivity index (χ2v) is 4.75. The van der Waals surface area contributed by atoms with Crippen LogP contribution in [0.25, 0.3) is 0 Å². The van der Waals surface area contributed by atoms with Crippen LogP contribution in [0.4, 0.5) is 5.82 Å². The van der Waals surface area contributed by atoms with Gasteiger partial charge < -0.3 is 16.4 Å². The molecule has 0 spiro atoms. The number of nitrogens with zero attached hydrogens (tertiary/aromatic N) is 3. The Kier molecular flexibility index (Phi) is 3.76. The lowest BCUT2D eigenvalue weighted by Gasteiger charge is -2.29. The second kappa shape index (κ2) is 5.30. The number of aromatic nitrogens is 2. The standard InChI is InChI=1S/C12H19N5O/c1-17(10-4-2-3-8(10)7-13)11-6-5-9(12(14)18)15-16-11/h5-6,8,10H,2-4,7,13H2,1H3,(H2,14,18). The Morgan fingerprint density at radius 2 is 2.22 bits per heavy atom. The van der Waals surface area contributed by atoms with Gasteiger partial charge in [-0.2, -0.15) is 0 Å². The molecule has 1 fully saturated rings. The molecule has 2 atom stereocenters. The number of anilines is 1. The van der Waals surface area contributed by atoms with Crippen molar-refractivity contribution >= 4 is 11.7 Å². The van der Waals surface area contributed by atoms with E-state index >= 15 is 0 Å². The Bertz CT molecular complexity index is 419. The average Bonchev–Trinajstić information content (AvgIpc) is 2.86. The quantitative estimate of drug-likeness (QED) is 0.791. The number of carbonyl (C=O) groups is 1. The van der Waals surface area contributed by atoms with Crippen molar-refractivity contribution in [1.29, 1.82) is 0 Å².